The number of furan rings is 1. The molecule has 0 unspecified atom stereocenters. The molecule has 0 N–H and O–H groups in total. The highest BCUT2D eigenvalue weighted by Gasteiger charge is 2.46. The van der Waals surface area contributed by atoms with Gasteiger partial charge < -0.3 is 9.32 Å². The fourth-order valence-electron chi connectivity index (χ4n) is 8.86. The summed E-state index contributed by atoms with van der Waals surface area (Å²) < 4.78 is 45.3. The maximum atomic E-state index is 9.82. The van der Waals surface area contributed by atoms with E-state index in [1.54, 1.807) is 0 Å². The van der Waals surface area contributed by atoms with Crippen molar-refractivity contribution in [3.8, 4) is 22.3 Å². The molecule has 0 radical (unpaired) electrons. The van der Waals surface area contributed by atoms with Gasteiger partial charge in [0.25, 0.3) is 0 Å². The van der Waals surface area contributed by atoms with Gasteiger partial charge in [0.1, 0.15) is 11.2 Å². The van der Waals surface area contributed by atoms with Crippen LogP contribution in [0.15, 0.2) is 217 Å². The summed E-state index contributed by atoms with van der Waals surface area (Å²) in [4.78, 5) is 1.93. The van der Waals surface area contributed by atoms with Gasteiger partial charge >= 0.3 is 0 Å². The van der Waals surface area contributed by atoms with Crippen molar-refractivity contribution in [2.24, 2.45) is 0 Å². The van der Waals surface area contributed by atoms with Crippen molar-refractivity contribution in [3.63, 3.8) is 0 Å². The topological polar surface area (TPSA) is 16.4 Å². The molecule has 55 heavy (non-hydrogen) atoms. The molecule has 1 aromatic heterocycles. The third kappa shape index (κ3) is 4.75. The second-order valence-corrected chi connectivity index (χ2v) is 14.1. The SMILES string of the molecule is [2H]c1c([2H])c(N(c2ccc3c(c2)C(c2ccccc2)(c2ccccc2)c2ccccc2-3)c2cccc3ccccc23)c([2H])c([2H])c1-c1cccc2c1oc1ccccc12. The molecule has 0 saturated carbocycles. The Bertz CT molecular complexity index is 3210. The average molecular weight is 706 g/mol. The number of hydrogen-bond donors (Lipinski definition) is 0. The molecule has 1 heterocycles. The standard InChI is InChI=1S/C53H35NO/c1-3-17-38(18-4-1)53(39-19-5-2-6-20-39)48-26-11-9-22-44(48)45-34-33-41(35-49(45)53)54(50-27-13-16-36-15-7-8-21-42(36)50)40-31-29-37(30-32-40)43-24-14-25-47-46-23-10-12-28-51(46)55-52(43)47/h1-35H/i29D,30D,31D,32D. The molecule has 0 saturated heterocycles. The number of anilines is 3. The first-order valence-corrected chi connectivity index (χ1v) is 18.6. The number of nitrogens with zero attached hydrogens (tertiary/aromatic N) is 1. The molecule has 11 rings (SSSR count). The van der Waals surface area contributed by atoms with Crippen LogP contribution in [0.4, 0.5) is 17.1 Å². The minimum atomic E-state index is -0.682. The third-order valence-electron chi connectivity index (χ3n) is 11.2. The molecular weight excluding hydrogens is 667 g/mol. The Morgan fingerprint density at radius 3 is 1.84 bits per heavy atom. The van der Waals surface area contributed by atoms with Gasteiger partial charge in [-0.2, -0.15) is 0 Å². The van der Waals surface area contributed by atoms with Gasteiger partial charge in [-0.3, -0.25) is 0 Å². The summed E-state index contributed by atoms with van der Waals surface area (Å²) >= 11 is 0. The predicted molar refractivity (Wildman–Crippen MR) is 229 cm³/mol. The van der Waals surface area contributed by atoms with Gasteiger partial charge in [-0.15, -0.1) is 0 Å². The van der Waals surface area contributed by atoms with Crippen LogP contribution in [0.5, 0.6) is 0 Å². The molecule has 0 amide bonds. The highest BCUT2D eigenvalue weighted by molar-refractivity contribution is 6.09. The van der Waals surface area contributed by atoms with Crippen LogP contribution in [0.25, 0.3) is 55.0 Å². The summed E-state index contributed by atoms with van der Waals surface area (Å²) in [6, 6.07) is 63.2. The number of fused-ring (bicyclic) bond motifs is 7. The van der Waals surface area contributed by atoms with Crippen molar-refractivity contribution in [3.05, 3.63) is 234 Å². The molecule has 0 bridgehead atoms. The van der Waals surface area contributed by atoms with Crippen molar-refractivity contribution in [2.45, 2.75) is 5.41 Å². The van der Waals surface area contributed by atoms with E-state index in [1.807, 2.05) is 89.8 Å². The van der Waals surface area contributed by atoms with E-state index in [9.17, 15) is 5.48 Å². The van der Waals surface area contributed by atoms with E-state index in [2.05, 4.69) is 103 Å². The van der Waals surface area contributed by atoms with Crippen molar-refractivity contribution in [2.75, 3.05) is 4.90 Å². The van der Waals surface area contributed by atoms with Crippen molar-refractivity contribution in [1.82, 2.24) is 0 Å². The molecule has 0 fully saturated rings. The summed E-state index contributed by atoms with van der Waals surface area (Å²) in [6.07, 6.45) is 0. The van der Waals surface area contributed by atoms with Gasteiger partial charge in [0, 0.05) is 33.1 Å². The van der Waals surface area contributed by atoms with Crippen LogP contribution >= 0.6 is 0 Å². The molecule has 1 aliphatic rings. The van der Waals surface area contributed by atoms with E-state index in [1.165, 1.54) is 5.56 Å². The van der Waals surface area contributed by atoms with Gasteiger partial charge in [0.2, 0.25) is 0 Å². The van der Waals surface area contributed by atoms with E-state index in [-0.39, 0.29) is 35.4 Å². The molecule has 1 aliphatic carbocycles. The predicted octanol–water partition coefficient (Wildman–Crippen LogP) is 14.2. The lowest BCUT2D eigenvalue weighted by molar-refractivity contribution is 0.670. The summed E-state index contributed by atoms with van der Waals surface area (Å²) in [6.45, 7) is 0. The van der Waals surface area contributed by atoms with E-state index < -0.39 is 5.41 Å². The maximum Gasteiger partial charge on any atom is 0.143 e. The van der Waals surface area contributed by atoms with Crippen LogP contribution in [0.3, 0.4) is 0 Å². The molecule has 2 nitrogen and oxygen atoms in total. The van der Waals surface area contributed by atoms with Crippen molar-refractivity contribution < 1.29 is 9.90 Å². The number of benzene rings is 9. The average Bonchev–Trinajstić information content (AvgIpc) is 3.82. The van der Waals surface area contributed by atoms with Crippen LogP contribution in [-0.2, 0) is 5.41 Å². The smallest absolute Gasteiger partial charge is 0.143 e. The van der Waals surface area contributed by atoms with E-state index in [0.29, 0.717) is 16.7 Å². The molecule has 9 aromatic carbocycles. The monoisotopic (exact) mass is 705 g/mol. The second kappa shape index (κ2) is 12.5. The first-order chi connectivity index (χ1) is 29.0. The minimum absolute atomic E-state index is 0.143. The zero-order valence-electron chi connectivity index (χ0n) is 33.8. The Labute approximate surface area is 325 Å². The molecule has 258 valence electrons. The fraction of sp³-hybridized carbons (Fsp3) is 0.0189. The Morgan fingerprint density at radius 2 is 1.04 bits per heavy atom. The molecule has 10 aromatic rings. The third-order valence-corrected chi connectivity index (χ3v) is 11.2. The lowest BCUT2D eigenvalue weighted by atomic mass is 9.67. The van der Waals surface area contributed by atoms with Crippen LogP contribution in [0.1, 0.15) is 27.7 Å². The van der Waals surface area contributed by atoms with E-state index in [0.717, 1.165) is 60.7 Å². The lowest BCUT2D eigenvalue weighted by Gasteiger charge is -2.35. The van der Waals surface area contributed by atoms with Crippen LogP contribution in [-0.4, -0.2) is 0 Å². The maximum absolute atomic E-state index is 9.82. The highest BCUT2D eigenvalue weighted by Crippen LogP contribution is 2.57. The normalized spacial score (nSPS) is 13.9. The van der Waals surface area contributed by atoms with Crippen LogP contribution in [0.2, 0.25) is 0 Å². The van der Waals surface area contributed by atoms with Gasteiger partial charge in [-0.1, -0.05) is 176 Å². The van der Waals surface area contributed by atoms with E-state index in [4.69, 9.17) is 4.42 Å². The zero-order valence-corrected chi connectivity index (χ0v) is 29.8. The number of para-hydroxylation sites is 2. The highest BCUT2D eigenvalue weighted by atomic mass is 16.3. The number of rotatable bonds is 6. The molecule has 2 heteroatoms. The van der Waals surface area contributed by atoms with E-state index >= 15 is 0 Å². The first kappa shape index (κ1) is 27.4. The van der Waals surface area contributed by atoms with Crippen LogP contribution in [0, 0.1) is 0 Å². The molecule has 0 atom stereocenters. The van der Waals surface area contributed by atoms with Gasteiger partial charge in [-0.05, 0) is 80.7 Å². The van der Waals surface area contributed by atoms with Crippen molar-refractivity contribution >= 4 is 49.8 Å². The Kier molecular flexibility index (Phi) is 6.22. The fourth-order valence-corrected chi connectivity index (χ4v) is 8.86. The molecule has 0 aliphatic heterocycles. The summed E-state index contributed by atoms with van der Waals surface area (Å²) in [5.74, 6) is 0. The Morgan fingerprint density at radius 1 is 0.436 bits per heavy atom. The minimum Gasteiger partial charge on any atom is -0.455 e. The lowest BCUT2D eigenvalue weighted by Crippen LogP contribution is -2.28. The second-order valence-electron chi connectivity index (χ2n) is 14.1. The largest absolute Gasteiger partial charge is 0.455 e. The quantitative estimate of drug-likeness (QED) is 0.171. The van der Waals surface area contributed by atoms with Gasteiger partial charge in [-0.25, -0.2) is 0 Å². The number of hydrogen-bond acceptors (Lipinski definition) is 2. The summed E-state index contributed by atoms with van der Waals surface area (Å²) in [7, 11) is 0. The van der Waals surface area contributed by atoms with Gasteiger partial charge in [0.05, 0.1) is 16.6 Å². The zero-order chi connectivity index (χ0) is 39.8. The van der Waals surface area contributed by atoms with Crippen LogP contribution < -0.4 is 4.90 Å². The molecule has 0 spiro atoms. The summed E-state index contributed by atoms with van der Waals surface area (Å²) in [5.41, 5.74) is 9.64. The first-order valence-electron chi connectivity index (χ1n) is 20.6. The Hall–Kier alpha value is -7.16. The van der Waals surface area contributed by atoms with Gasteiger partial charge in [0.15, 0.2) is 0 Å². The Balaban J connectivity index is 1.21. The van der Waals surface area contributed by atoms with Crippen molar-refractivity contribution in [1.29, 1.82) is 0 Å². The molecular formula is C53H35NO. The summed E-state index contributed by atoms with van der Waals surface area (Å²) in [5, 5.41) is 3.70.